The van der Waals surface area contributed by atoms with Crippen LogP contribution in [0.15, 0.2) is 97.1 Å². The minimum absolute atomic E-state index is 0.0924. The molecular formula is C25H20N2O3. The van der Waals surface area contributed by atoms with E-state index in [2.05, 4.69) is 10.6 Å². The number of hydrogen-bond donors (Lipinski definition) is 2. The van der Waals surface area contributed by atoms with E-state index in [1.165, 1.54) is 0 Å². The van der Waals surface area contributed by atoms with Gasteiger partial charge in [-0.05, 0) is 59.3 Å². The van der Waals surface area contributed by atoms with Crippen molar-refractivity contribution in [1.82, 2.24) is 0 Å². The normalized spacial score (nSPS) is 10.4. The molecule has 0 saturated heterocycles. The van der Waals surface area contributed by atoms with E-state index in [-0.39, 0.29) is 18.4 Å². The van der Waals surface area contributed by atoms with Gasteiger partial charge in [-0.25, -0.2) is 0 Å². The lowest BCUT2D eigenvalue weighted by atomic mass is 10.1. The first-order chi connectivity index (χ1) is 14.7. The van der Waals surface area contributed by atoms with Gasteiger partial charge in [-0.15, -0.1) is 0 Å². The van der Waals surface area contributed by atoms with E-state index >= 15 is 0 Å². The van der Waals surface area contributed by atoms with E-state index in [0.29, 0.717) is 22.7 Å². The van der Waals surface area contributed by atoms with Crippen LogP contribution < -0.4 is 15.4 Å². The molecule has 0 aliphatic heterocycles. The van der Waals surface area contributed by atoms with Crippen molar-refractivity contribution in [1.29, 1.82) is 0 Å². The Balaban J connectivity index is 1.30. The van der Waals surface area contributed by atoms with Crippen LogP contribution in [0.1, 0.15) is 10.4 Å². The molecule has 5 nitrogen and oxygen atoms in total. The van der Waals surface area contributed by atoms with Crippen molar-refractivity contribution in [3.63, 3.8) is 0 Å². The van der Waals surface area contributed by atoms with Crippen LogP contribution in [0, 0.1) is 0 Å². The molecule has 4 rings (SSSR count). The van der Waals surface area contributed by atoms with Crippen molar-refractivity contribution < 1.29 is 14.3 Å². The summed E-state index contributed by atoms with van der Waals surface area (Å²) >= 11 is 0. The zero-order valence-electron chi connectivity index (χ0n) is 16.2. The van der Waals surface area contributed by atoms with E-state index < -0.39 is 0 Å². The van der Waals surface area contributed by atoms with Gasteiger partial charge in [-0.3, -0.25) is 9.59 Å². The van der Waals surface area contributed by atoms with Crippen LogP contribution in [-0.4, -0.2) is 18.4 Å². The molecule has 0 bridgehead atoms. The molecule has 2 amide bonds. The Morgan fingerprint density at radius 2 is 1.30 bits per heavy atom. The summed E-state index contributed by atoms with van der Waals surface area (Å²) in [5.41, 5.74) is 1.86. The molecule has 0 fully saturated rings. The summed E-state index contributed by atoms with van der Waals surface area (Å²) in [6.07, 6.45) is 0. The maximum absolute atomic E-state index is 12.2. The van der Waals surface area contributed by atoms with Crippen LogP contribution in [0.25, 0.3) is 10.8 Å². The highest BCUT2D eigenvalue weighted by molar-refractivity contribution is 6.04. The Hall–Kier alpha value is -4.12. The lowest BCUT2D eigenvalue weighted by Crippen LogP contribution is -2.20. The third-order valence-electron chi connectivity index (χ3n) is 4.55. The summed E-state index contributed by atoms with van der Waals surface area (Å²) in [6.45, 7) is -0.0924. The molecule has 0 radical (unpaired) electrons. The largest absolute Gasteiger partial charge is 0.484 e. The lowest BCUT2D eigenvalue weighted by molar-refractivity contribution is -0.118. The molecule has 0 aliphatic carbocycles. The minimum Gasteiger partial charge on any atom is -0.484 e. The number of nitrogens with one attached hydrogen (secondary N) is 2. The van der Waals surface area contributed by atoms with Gasteiger partial charge in [0.05, 0.1) is 0 Å². The quantitative estimate of drug-likeness (QED) is 0.476. The highest BCUT2D eigenvalue weighted by atomic mass is 16.5. The molecule has 0 heterocycles. The first kappa shape index (κ1) is 19.2. The molecule has 0 unspecified atom stereocenters. The molecule has 0 saturated carbocycles. The van der Waals surface area contributed by atoms with Crippen molar-refractivity contribution in [3.05, 3.63) is 103 Å². The van der Waals surface area contributed by atoms with E-state index in [9.17, 15) is 9.59 Å². The van der Waals surface area contributed by atoms with Gasteiger partial charge in [-0.2, -0.15) is 0 Å². The maximum Gasteiger partial charge on any atom is 0.262 e. The van der Waals surface area contributed by atoms with Crippen LogP contribution in [0.4, 0.5) is 11.4 Å². The molecule has 2 N–H and O–H groups in total. The smallest absolute Gasteiger partial charge is 0.262 e. The Labute approximate surface area is 174 Å². The third kappa shape index (κ3) is 4.83. The number of rotatable bonds is 6. The second kappa shape index (κ2) is 8.92. The number of carbonyl (C=O) groups excluding carboxylic acids is 2. The molecule has 30 heavy (non-hydrogen) atoms. The van der Waals surface area contributed by atoms with Crippen LogP contribution in [0.2, 0.25) is 0 Å². The molecule has 4 aromatic carbocycles. The second-order valence-corrected chi connectivity index (χ2v) is 6.74. The average Bonchev–Trinajstić information content (AvgIpc) is 2.79. The van der Waals surface area contributed by atoms with Gasteiger partial charge in [0.25, 0.3) is 11.8 Å². The number of ether oxygens (including phenoxy) is 1. The molecule has 148 valence electrons. The van der Waals surface area contributed by atoms with Crippen LogP contribution in [-0.2, 0) is 4.79 Å². The summed E-state index contributed by atoms with van der Waals surface area (Å²) in [5.74, 6) is 0.197. The fourth-order valence-corrected chi connectivity index (χ4v) is 3.03. The number of anilines is 2. The van der Waals surface area contributed by atoms with E-state index in [4.69, 9.17) is 4.74 Å². The number of amides is 2. The molecule has 0 atom stereocenters. The van der Waals surface area contributed by atoms with Gasteiger partial charge in [-0.1, -0.05) is 48.5 Å². The lowest BCUT2D eigenvalue weighted by Gasteiger charge is -2.10. The van der Waals surface area contributed by atoms with Gasteiger partial charge >= 0.3 is 0 Å². The number of fused-ring (bicyclic) bond motifs is 1. The number of hydrogen-bond acceptors (Lipinski definition) is 3. The molecule has 0 aromatic heterocycles. The minimum atomic E-state index is -0.260. The van der Waals surface area contributed by atoms with E-state index in [1.54, 1.807) is 36.4 Å². The molecule has 4 aromatic rings. The molecular weight excluding hydrogens is 376 g/mol. The summed E-state index contributed by atoms with van der Waals surface area (Å²) in [7, 11) is 0. The van der Waals surface area contributed by atoms with Crippen molar-refractivity contribution in [2.24, 2.45) is 0 Å². The fourth-order valence-electron chi connectivity index (χ4n) is 3.03. The summed E-state index contributed by atoms with van der Waals surface area (Å²) in [6, 6.07) is 29.6. The standard InChI is InChI=1S/C25H20N2O3/c28-24(17-30-23-15-10-18-6-4-5-9-20(18)16-23)26-21-11-13-22(14-12-21)27-25(29)19-7-2-1-3-8-19/h1-16H,17H2,(H,26,28)(H,27,29). The zero-order valence-corrected chi connectivity index (χ0v) is 16.2. The fraction of sp³-hybridized carbons (Fsp3) is 0.0400. The first-order valence-electron chi connectivity index (χ1n) is 9.55. The highest BCUT2D eigenvalue weighted by Crippen LogP contribution is 2.20. The monoisotopic (exact) mass is 396 g/mol. The Morgan fingerprint density at radius 3 is 2.03 bits per heavy atom. The van der Waals surface area contributed by atoms with Crippen LogP contribution in [0.5, 0.6) is 5.75 Å². The van der Waals surface area contributed by atoms with Gasteiger partial charge < -0.3 is 15.4 Å². The molecule has 0 aliphatic rings. The Morgan fingerprint density at radius 1 is 0.667 bits per heavy atom. The second-order valence-electron chi connectivity index (χ2n) is 6.74. The van der Waals surface area contributed by atoms with Gasteiger partial charge in [0, 0.05) is 16.9 Å². The Kier molecular flexibility index (Phi) is 5.71. The van der Waals surface area contributed by atoms with Gasteiger partial charge in [0.15, 0.2) is 6.61 Å². The molecule has 5 heteroatoms. The predicted molar refractivity (Wildman–Crippen MR) is 119 cm³/mol. The summed E-state index contributed by atoms with van der Waals surface area (Å²) < 4.78 is 5.60. The predicted octanol–water partition coefficient (Wildman–Crippen LogP) is 5.11. The van der Waals surface area contributed by atoms with E-state index in [0.717, 1.165) is 10.8 Å². The Bertz CT molecular complexity index is 1170. The van der Waals surface area contributed by atoms with E-state index in [1.807, 2.05) is 60.7 Å². The first-order valence-corrected chi connectivity index (χ1v) is 9.55. The molecule has 0 spiro atoms. The SMILES string of the molecule is O=C(COc1ccc2ccccc2c1)Nc1ccc(NC(=O)c2ccccc2)cc1. The van der Waals surface area contributed by atoms with Crippen molar-refractivity contribution in [2.75, 3.05) is 17.2 Å². The van der Waals surface area contributed by atoms with Crippen molar-refractivity contribution in [2.45, 2.75) is 0 Å². The third-order valence-corrected chi connectivity index (χ3v) is 4.55. The summed E-state index contributed by atoms with van der Waals surface area (Å²) in [4.78, 5) is 24.4. The van der Waals surface area contributed by atoms with Crippen molar-refractivity contribution >= 4 is 34.0 Å². The highest BCUT2D eigenvalue weighted by Gasteiger charge is 2.07. The van der Waals surface area contributed by atoms with Gasteiger partial charge in [0.1, 0.15) is 5.75 Å². The maximum atomic E-state index is 12.2. The number of carbonyl (C=O) groups is 2. The van der Waals surface area contributed by atoms with Crippen LogP contribution >= 0.6 is 0 Å². The summed E-state index contributed by atoms with van der Waals surface area (Å²) in [5, 5.41) is 7.79. The topological polar surface area (TPSA) is 67.4 Å². The van der Waals surface area contributed by atoms with Gasteiger partial charge in [0.2, 0.25) is 0 Å². The van der Waals surface area contributed by atoms with Crippen molar-refractivity contribution in [3.8, 4) is 5.75 Å². The zero-order chi connectivity index (χ0) is 20.8. The number of benzene rings is 4. The average molecular weight is 396 g/mol. The van der Waals surface area contributed by atoms with Crippen LogP contribution in [0.3, 0.4) is 0 Å².